The summed E-state index contributed by atoms with van der Waals surface area (Å²) in [5, 5.41) is 9.28. The summed E-state index contributed by atoms with van der Waals surface area (Å²) >= 11 is 0. The van der Waals surface area contributed by atoms with Gasteiger partial charge in [0.2, 0.25) is 0 Å². The van der Waals surface area contributed by atoms with Crippen LogP contribution in [0.4, 0.5) is 0 Å². The Morgan fingerprint density at radius 3 is 2.43 bits per heavy atom. The molecule has 2 aromatic rings. The maximum atomic E-state index is 11.7. The number of rotatable bonds is 6. The standard InChI is InChI=1S/C16H16O5/c1-19-14-5-7-15(8-6-14)20-9-10-21-16(18)12-3-2-4-13(17)11-12/h2-8,11,17H,9-10H2,1H3. The summed E-state index contributed by atoms with van der Waals surface area (Å²) < 4.78 is 15.5. The van der Waals surface area contributed by atoms with Gasteiger partial charge in [0.25, 0.3) is 0 Å². The van der Waals surface area contributed by atoms with Crippen LogP contribution in [0.25, 0.3) is 0 Å². The first-order valence-corrected chi connectivity index (χ1v) is 6.42. The molecule has 0 heterocycles. The molecule has 21 heavy (non-hydrogen) atoms. The van der Waals surface area contributed by atoms with E-state index in [1.54, 1.807) is 43.5 Å². The summed E-state index contributed by atoms with van der Waals surface area (Å²) in [6, 6.07) is 13.1. The zero-order chi connectivity index (χ0) is 15.1. The molecule has 0 bridgehead atoms. The molecule has 2 aromatic carbocycles. The number of phenols is 1. The summed E-state index contributed by atoms with van der Waals surface area (Å²) in [5.74, 6) is 0.949. The van der Waals surface area contributed by atoms with Gasteiger partial charge in [0.05, 0.1) is 12.7 Å². The lowest BCUT2D eigenvalue weighted by atomic mass is 10.2. The van der Waals surface area contributed by atoms with Crippen molar-refractivity contribution in [1.82, 2.24) is 0 Å². The molecule has 110 valence electrons. The summed E-state index contributed by atoms with van der Waals surface area (Å²) in [5.41, 5.74) is 0.305. The van der Waals surface area contributed by atoms with Crippen molar-refractivity contribution in [1.29, 1.82) is 0 Å². The van der Waals surface area contributed by atoms with Crippen LogP contribution < -0.4 is 9.47 Å². The van der Waals surface area contributed by atoms with Crippen LogP contribution in [-0.4, -0.2) is 31.4 Å². The van der Waals surface area contributed by atoms with E-state index in [2.05, 4.69) is 0 Å². The van der Waals surface area contributed by atoms with E-state index >= 15 is 0 Å². The molecule has 1 N–H and O–H groups in total. The second-order valence-electron chi connectivity index (χ2n) is 4.21. The van der Waals surface area contributed by atoms with Crippen LogP contribution in [0, 0.1) is 0 Å². The van der Waals surface area contributed by atoms with Crippen molar-refractivity contribution in [3.8, 4) is 17.2 Å². The average molecular weight is 288 g/mol. The van der Waals surface area contributed by atoms with Crippen molar-refractivity contribution in [2.75, 3.05) is 20.3 Å². The topological polar surface area (TPSA) is 65.0 Å². The van der Waals surface area contributed by atoms with Crippen molar-refractivity contribution in [3.63, 3.8) is 0 Å². The second-order valence-corrected chi connectivity index (χ2v) is 4.21. The molecule has 0 spiro atoms. The fraction of sp³-hybridized carbons (Fsp3) is 0.188. The summed E-state index contributed by atoms with van der Waals surface area (Å²) in [6.45, 7) is 0.372. The highest BCUT2D eigenvalue weighted by Crippen LogP contribution is 2.17. The van der Waals surface area contributed by atoms with Gasteiger partial charge in [-0.2, -0.15) is 0 Å². The minimum atomic E-state index is -0.496. The lowest BCUT2D eigenvalue weighted by molar-refractivity contribution is 0.0450. The molecule has 0 aliphatic heterocycles. The molecule has 0 amide bonds. The van der Waals surface area contributed by atoms with E-state index in [1.165, 1.54) is 12.1 Å². The highest BCUT2D eigenvalue weighted by molar-refractivity contribution is 5.89. The first kappa shape index (κ1) is 14.7. The first-order chi connectivity index (χ1) is 10.2. The normalized spacial score (nSPS) is 9.95. The predicted molar refractivity (Wildman–Crippen MR) is 76.9 cm³/mol. The Morgan fingerprint density at radius 2 is 1.76 bits per heavy atom. The summed E-state index contributed by atoms with van der Waals surface area (Å²) in [4.78, 5) is 11.7. The molecule has 0 fully saturated rings. The third-order valence-corrected chi connectivity index (χ3v) is 2.73. The van der Waals surface area contributed by atoms with Crippen molar-refractivity contribution in [2.45, 2.75) is 0 Å². The van der Waals surface area contributed by atoms with Gasteiger partial charge in [-0.15, -0.1) is 0 Å². The van der Waals surface area contributed by atoms with Crippen LogP contribution >= 0.6 is 0 Å². The highest BCUT2D eigenvalue weighted by atomic mass is 16.6. The molecule has 0 saturated heterocycles. The molecule has 5 nitrogen and oxygen atoms in total. The number of ether oxygens (including phenoxy) is 3. The van der Waals surface area contributed by atoms with Gasteiger partial charge in [-0.1, -0.05) is 6.07 Å². The molecular weight excluding hydrogens is 272 g/mol. The maximum Gasteiger partial charge on any atom is 0.338 e. The number of hydrogen-bond donors (Lipinski definition) is 1. The van der Waals surface area contributed by atoms with Crippen LogP contribution in [-0.2, 0) is 4.74 Å². The van der Waals surface area contributed by atoms with Crippen molar-refractivity contribution in [3.05, 3.63) is 54.1 Å². The Hall–Kier alpha value is -2.69. The maximum absolute atomic E-state index is 11.7. The molecule has 0 atom stereocenters. The molecule has 2 rings (SSSR count). The minimum absolute atomic E-state index is 0.0268. The van der Waals surface area contributed by atoms with Gasteiger partial charge in [-0.3, -0.25) is 0 Å². The molecule has 0 radical (unpaired) electrons. The number of methoxy groups -OCH3 is 1. The fourth-order valence-electron chi connectivity index (χ4n) is 1.68. The van der Waals surface area contributed by atoms with Gasteiger partial charge in [-0.05, 0) is 42.5 Å². The van der Waals surface area contributed by atoms with E-state index < -0.39 is 5.97 Å². The number of esters is 1. The van der Waals surface area contributed by atoms with Crippen LogP contribution in [0.3, 0.4) is 0 Å². The number of hydrogen-bond acceptors (Lipinski definition) is 5. The molecule has 0 aliphatic rings. The Bertz CT molecular complexity index is 592. The van der Waals surface area contributed by atoms with E-state index in [9.17, 15) is 9.90 Å². The number of aromatic hydroxyl groups is 1. The third-order valence-electron chi connectivity index (χ3n) is 2.73. The van der Waals surface area contributed by atoms with Crippen molar-refractivity contribution >= 4 is 5.97 Å². The van der Waals surface area contributed by atoms with Crippen LogP contribution in [0.15, 0.2) is 48.5 Å². The van der Waals surface area contributed by atoms with E-state index in [0.29, 0.717) is 11.3 Å². The summed E-state index contributed by atoms with van der Waals surface area (Å²) in [7, 11) is 1.59. The molecule has 0 unspecified atom stereocenters. The Kier molecular flexibility index (Phi) is 5.04. The monoisotopic (exact) mass is 288 g/mol. The molecule has 0 aromatic heterocycles. The van der Waals surface area contributed by atoms with Crippen LogP contribution in [0.5, 0.6) is 17.2 Å². The smallest absolute Gasteiger partial charge is 0.338 e. The SMILES string of the molecule is COc1ccc(OCCOC(=O)c2cccc(O)c2)cc1. The highest BCUT2D eigenvalue weighted by Gasteiger charge is 2.07. The van der Waals surface area contributed by atoms with Crippen molar-refractivity contribution < 1.29 is 24.1 Å². The fourth-order valence-corrected chi connectivity index (χ4v) is 1.68. The molecule has 0 saturated carbocycles. The van der Waals surface area contributed by atoms with E-state index in [0.717, 1.165) is 5.75 Å². The van der Waals surface area contributed by atoms with E-state index in [-0.39, 0.29) is 19.0 Å². The van der Waals surface area contributed by atoms with Crippen LogP contribution in [0.2, 0.25) is 0 Å². The quantitative estimate of drug-likeness (QED) is 0.654. The lowest BCUT2D eigenvalue weighted by Crippen LogP contribution is -2.12. The Labute approximate surface area is 122 Å². The largest absolute Gasteiger partial charge is 0.508 e. The van der Waals surface area contributed by atoms with Gasteiger partial charge in [0.1, 0.15) is 30.5 Å². The summed E-state index contributed by atoms with van der Waals surface area (Å²) in [6.07, 6.45) is 0. The molecule has 5 heteroatoms. The van der Waals surface area contributed by atoms with Gasteiger partial charge in [0, 0.05) is 0 Å². The Balaban J connectivity index is 1.75. The van der Waals surface area contributed by atoms with Gasteiger partial charge in [0.15, 0.2) is 0 Å². The minimum Gasteiger partial charge on any atom is -0.508 e. The molecule has 0 aliphatic carbocycles. The Morgan fingerprint density at radius 1 is 1.05 bits per heavy atom. The second kappa shape index (κ2) is 7.19. The zero-order valence-electron chi connectivity index (χ0n) is 11.6. The number of carbonyl (C=O) groups is 1. The van der Waals surface area contributed by atoms with E-state index in [4.69, 9.17) is 14.2 Å². The number of carbonyl (C=O) groups excluding carboxylic acids is 1. The number of phenolic OH excluding ortho intramolecular Hbond substituents is 1. The van der Waals surface area contributed by atoms with Gasteiger partial charge >= 0.3 is 5.97 Å². The third kappa shape index (κ3) is 4.42. The van der Waals surface area contributed by atoms with E-state index in [1.807, 2.05) is 0 Å². The lowest BCUT2D eigenvalue weighted by Gasteiger charge is -2.08. The van der Waals surface area contributed by atoms with Gasteiger partial charge in [-0.25, -0.2) is 4.79 Å². The average Bonchev–Trinajstić information content (AvgIpc) is 2.52. The predicted octanol–water partition coefficient (Wildman–Crippen LogP) is 2.64. The number of benzene rings is 2. The van der Waals surface area contributed by atoms with Gasteiger partial charge < -0.3 is 19.3 Å². The molecular formula is C16H16O5. The van der Waals surface area contributed by atoms with Crippen LogP contribution in [0.1, 0.15) is 10.4 Å². The zero-order valence-corrected chi connectivity index (χ0v) is 11.6. The van der Waals surface area contributed by atoms with Crippen molar-refractivity contribution in [2.24, 2.45) is 0 Å². The first-order valence-electron chi connectivity index (χ1n) is 6.42.